The Morgan fingerprint density at radius 3 is 1.85 bits per heavy atom. The van der Waals surface area contributed by atoms with Crippen LogP contribution in [-0.2, 0) is 5.41 Å². The Morgan fingerprint density at radius 1 is 0.481 bits per heavy atom. The monoisotopic (exact) mass is 691 g/mol. The Hall–Kier alpha value is -6.68. The van der Waals surface area contributed by atoms with Gasteiger partial charge in [0.2, 0.25) is 0 Å². The van der Waals surface area contributed by atoms with Gasteiger partial charge in [-0.2, -0.15) is 0 Å². The second-order valence-corrected chi connectivity index (χ2v) is 14.5. The van der Waals surface area contributed by atoms with Crippen LogP contribution in [-0.4, -0.2) is 0 Å². The first-order chi connectivity index (χ1) is 26.8. The molecule has 0 amide bonds. The fourth-order valence-corrected chi connectivity index (χ4v) is 9.44. The van der Waals surface area contributed by atoms with Gasteiger partial charge in [0.05, 0.1) is 22.8 Å². The number of fused-ring (bicyclic) bond motifs is 11. The molecular formula is C51H37N3. The summed E-state index contributed by atoms with van der Waals surface area (Å²) in [5.74, 6) is 0. The zero-order chi connectivity index (χ0) is 35.6. The topological polar surface area (TPSA) is 27.3 Å². The molecule has 2 unspecified atom stereocenters. The number of para-hydroxylation sites is 3. The zero-order valence-electron chi connectivity index (χ0n) is 29.7. The van der Waals surface area contributed by atoms with Gasteiger partial charge in [-0.15, -0.1) is 0 Å². The van der Waals surface area contributed by atoms with Gasteiger partial charge in [-0.3, -0.25) is 5.32 Å². The van der Waals surface area contributed by atoms with Crippen molar-refractivity contribution in [1.82, 2.24) is 10.6 Å². The second-order valence-electron chi connectivity index (χ2n) is 14.5. The van der Waals surface area contributed by atoms with E-state index in [0.717, 1.165) is 11.4 Å². The van der Waals surface area contributed by atoms with Crippen molar-refractivity contribution in [3.8, 4) is 11.1 Å². The van der Waals surface area contributed by atoms with Crippen LogP contribution < -0.4 is 15.5 Å². The standard InChI is InChI=1S/C51H37N3/c1-4-17-35(18-5-1)45-33-46(36-19-6-2-7-20-36)53-50(52-45)37-28-30-40-44(32-37)51(43-31-29-34-16-10-11-23-39(34)49(40)43)41-24-12-14-26-47(41)54(38-21-8-3-9-22-38)48-27-15-13-25-42(48)51/h1-33,45,50,52-53H. The maximum absolute atomic E-state index is 3.99. The Balaban J connectivity index is 1.17. The third kappa shape index (κ3) is 4.52. The molecule has 2 aliphatic heterocycles. The molecule has 1 aliphatic carbocycles. The zero-order valence-corrected chi connectivity index (χ0v) is 29.7. The second kappa shape index (κ2) is 12.2. The first-order valence-corrected chi connectivity index (χ1v) is 18.8. The van der Waals surface area contributed by atoms with E-state index in [1.54, 1.807) is 0 Å². The van der Waals surface area contributed by atoms with E-state index in [1.165, 1.54) is 72.2 Å². The van der Waals surface area contributed by atoms with E-state index in [2.05, 4.69) is 216 Å². The molecule has 0 aromatic heterocycles. The van der Waals surface area contributed by atoms with E-state index in [-0.39, 0.29) is 12.2 Å². The van der Waals surface area contributed by atoms with Gasteiger partial charge in [-0.25, -0.2) is 0 Å². The van der Waals surface area contributed by atoms with Gasteiger partial charge in [-0.1, -0.05) is 170 Å². The fourth-order valence-electron chi connectivity index (χ4n) is 9.44. The molecular weight excluding hydrogens is 655 g/mol. The molecule has 3 aliphatic rings. The third-order valence-corrected chi connectivity index (χ3v) is 11.7. The van der Waals surface area contributed by atoms with Gasteiger partial charge < -0.3 is 10.2 Å². The van der Waals surface area contributed by atoms with Crippen molar-refractivity contribution >= 4 is 33.5 Å². The van der Waals surface area contributed by atoms with Crippen LogP contribution in [0.1, 0.15) is 51.2 Å². The summed E-state index contributed by atoms with van der Waals surface area (Å²) in [5.41, 5.74) is 15.6. The summed E-state index contributed by atoms with van der Waals surface area (Å²) in [6.07, 6.45) is 2.19. The molecule has 0 saturated heterocycles. The van der Waals surface area contributed by atoms with Crippen LogP contribution in [0, 0.1) is 0 Å². The summed E-state index contributed by atoms with van der Waals surface area (Å²) in [4.78, 5) is 2.45. The van der Waals surface area contributed by atoms with E-state index < -0.39 is 5.41 Å². The highest BCUT2D eigenvalue weighted by atomic mass is 15.2. The molecule has 3 heteroatoms. The van der Waals surface area contributed by atoms with Crippen molar-refractivity contribution in [3.05, 3.63) is 239 Å². The SMILES string of the molecule is C1=C(c2ccccc2)NC(c2ccc3c(c2)C2(c4ccccc4N(c4ccccc4)c4ccccc42)c2ccc4ccccc4c2-3)NC1c1ccccc1. The van der Waals surface area contributed by atoms with E-state index in [0.29, 0.717) is 0 Å². The molecule has 8 aromatic carbocycles. The predicted octanol–water partition coefficient (Wildman–Crippen LogP) is 12.0. The van der Waals surface area contributed by atoms with E-state index in [1.807, 2.05) is 0 Å². The molecule has 0 saturated carbocycles. The Labute approximate surface area is 315 Å². The molecule has 1 spiro atoms. The maximum Gasteiger partial charge on any atom is 0.104 e. The van der Waals surface area contributed by atoms with Crippen LogP contribution in [0.2, 0.25) is 0 Å². The van der Waals surface area contributed by atoms with E-state index >= 15 is 0 Å². The third-order valence-electron chi connectivity index (χ3n) is 11.7. The Morgan fingerprint density at radius 2 is 1.11 bits per heavy atom. The summed E-state index contributed by atoms with van der Waals surface area (Å²) in [6, 6.07) is 71.2. The van der Waals surface area contributed by atoms with Crippen molar-refractivity contribution < 1.29 is 0 Å². The maximum atomic E-state index is 3.99. The molecule has 0 radical (unpaired) electrons. The normalized spacial score (nSPS) is 17.6. The quantitative estimate of drug-likeness (QED) is 0.192. The number of anilines is 3. The molecule has 256 valence electrons. The number of benzene rings is 8. The highest BCUT2D eigenvalue weighted by molar-refractivity contribution is 6.06. The minimum absolute atomic E-state index is 0.0339. The van der Waals surface area contributed by atoms with Gasteiger partial charge in [0.15, 0.2) is 0 Å². The van der Waals surface area contributed by atoms with Crippen molar-refractivity contribution in [2.75, 3.05) is 4.90 Å². The van der Waals surface area contributed by atoms with Gasteiger partial charge in [-0.05, 0) is 91.2 Å². The molecule has 0 fully saturated rings. The van der Waals surface area contributed by atoms with Crippen molar-refractivity contribution in [2.45, 2.75) is 17.6 Å². The van der Waals surface area contributed by atoms with Gasteiger partial charge in [0.1, 0.15) is 6.17 Å². The molecule has 54 heavy (non-hydrogen) atoms. The molecule has 0 bridgehead atoms. The van der Waals surface area contributed by atoms with E-state index in [4.69, 9.17) is 0 Å². The van der Waals surface area contributed by atoms with Crippen molar-refractivity contribution in [2.24, 2.45) is 0 Å². The van der Waals surface area contributed by atoms with Crippen LogP contribution >= 0.6 is 0 Å². The number of nitrogens with zero attached hydrogens (tertiary/aromatic N) is 1. The summed E-state index contributed by atoms with van der Waals surface area (Å²) >= 11 is 0. The van der Waals surface area contributed by atoms with Crippen LogP contribution in [0.5, 0.6) is 0 Å². The van der Waals surface area contributed by atoms with Crippen molar-refractivity contribution in [3.63, 3.8) is 0 Å². The fraction of sp³-hybridized carbons (Fsp3) is 0.0588. The summed E-state index contributed by atoms with van der Waals surface area (Å²) in [6.45, 7) is 0. The highest BCUT2D eigenvalue weighted by Gasteiger charge is 2.52. The molecule has 2 N–H and O–H groups in total. The Bertz CT molecular complexity index is 2690. The highest BCUT2D eigenvalue weighted by Crippen LogP contribution is 2.64. The van der Waals surface area contributed by atoms with Gasteiger partial charge in [0, 0.05) is 11.4 Å². The lowest BCUT2D eigenvalue weighted by Gasteiger charge is -2.45. The van der Waals surface area contributed by atoms with Gasteiger partial charge >= 0.3 is 0 Å². The molecule has 11 rings (SSSR count). The average Bonchev–Trinajstić information content (AvgIpc) is 3.55. The lowest BCUT2D eigenvalue weighted by Crippen LogP contribution is -2.40. The smallest absolute Gasteiger partial charge is 0.104 e. The number of hydrogen-bond donors (Lipinski definition) is 2. The van der Waals surface area contributed by atoms with Gasteiger partial charge in [0.25, 0.3) is 0 Å². The van der Waals surface area contributed by atoms with Crippen LogP contribution in [0.25, 0.3) is 27.6 Å². The largest absolute Gasteiger partial charge is 0.366 e. The van der Waals surface area contributed by atoms with Crippen LogP contribution in [0.3, 0.4) is 0 Å². The molecule has 8 aromatic rings. The minimum atomic E-state index is -0.547. The van der Waals surface area contributed by atoms with Crippen LogP contribution in [0.4, 0.5) is 17.1 Å². The lowest BCUT2D eigenvalue weighted by molar-refractivity contribution is 0.442. The first kappa shape index (κ1) is 30.9. The van der Waals surface area contributed by atoms with E-state index in [9.17, 15) is 0 Å². The average molecular weight is 692 g/mol. The number of rotatable bonds is 4. The predicted molar refractivity (Wildman–Crippen MR) is 222 cm³/mol. The summed E-state index contributed by atoms with van der Waals surface area (Å²) < 4.78 is 0. The summed E-state index contributed by atoms with van der Waals surface area (Å²) in [7, 11) is 0. The molecule has 2 heterocycles. The first-order valence-electron chi connectivity index (χ1n) is 18.8. The Kier molecular flexibility index (Phi) is 6.98. The lowest BCUT2D eigenvalue weighted by atomic mass is 9.64. The minimum Gasteiger partial charge on any atom is -0.366 e. The number of hydrogen-bond acceptors (Lipinski definition) is 3. The molecule has 2 atom stereocenters. The van der Waals surface area contributed by atoms with Crippen molar-refractivity contribution in [1.29, 1.82) is 0 Å². The van der Waals surface area contributed by atoms with Crippen LogP contribution in [0.15, 0.2) is 200 Å². The molecule has 3 nitrogen and oxygen atoms in total. The summed E-state index contributed by atoms with van der Waals surface area (Å²) in [5, 5.41) is 10.5. The number of nitrogens with one attached hydrogen (secondary N) is 2.